The van der Waals surface area contributed by atoms with E-state index >= 15 is 0 Å². The predicted octanol–water partition coefficient (Wildman–Crippen LogP) is 2.51. The van der Waals surface area contributed by atoms with Crippen LogP contribution in [-0.2, 0) is 30.8 Å². The first-order chi connectivity index (χ1) is 16.8. The van der Waals surface area contributed by atoms with Crippen LogP contribution in [0.5, 0.6) is 0 Å². The van der Waals surface area contributed by atoms with Crippen molar-refractivity contribution in [3.63, 3.8) is 0 Å². The molecule has 2 aromatic carbocycles. The second kappa shape index (κ2) is 10.4. The Labute approximate surface area is 203 Å². The number of carbonyl (C=O) groups is 3. The minimum atomic E-state index is -5.08. The number of H-pyrrole nitrogens is 1. The smallest absolute Gasteiger partial charge is 0.475 e. The van der Waals surface area contributed by atoms with Crippen molar-refractivity contribution in [3.05, 3.63) is 65.5 Å². The number of nitrogens with one attached hydrogen (secondary N) is 3. The molecule has 4 rings (SSSR count). The molecule has 2 heterocycles. The first kappa shape index (κ1) is 26.7. The molecule has 2 amide bonds. The number of aromatic amines is 1. The number of amides is 2. The van der Waals surface area contributed by atoms with Crippen molar-refractivity contribution in [1.29, 1.82) is 0 Å². The van der Waals surface area contributed by atoms with Gasteiger partial charge in [-0.2, -0.15) is 13.2 Å². The van der Waals surface area contributed by atoms with Crippen molar-refractivity contribution in [1.82, 2.24) is 20.0 Å². The number of benzene rings is 2. The second-order valence-corrected chi connectivity index (χ2v) is 9.77. The molecule has 2 atom stereocenters. The molecule has 3 aromatic rings. The quantitative estimate of drug-likeness (QED) is 0.398. The van der Waals surface area contributed by atoms with Gasteiger partial charge in [0.25, 0.3) is 0 Å². The van der Waals surface area contributed by atoms with E-state index in [2.05, 4.69) is 15.3 Å². The minimum Gasteiger partial charge on any atom is -0.475 e. The van der Waals surface area contributed by atoms with Crippen molar-refractivity contribution in [2.45, 2.75) is 37.2 Å². The van der Waals surface area contributed by atoms with Gasteiger partial charge in [0.2, 0.25) is 21.8 Å². The maximum atomic E-state index is 12.0. The number of carboxylic acid groups (broad SMARTS) is 1. The van der Waals surface area contributed by atoms with Crippen LogP contribution in [0.1, 0.15) is 41.6 Å². The fourth-order valence-corrected chi connectivity index (χ4v) is 4.98. The molecule has 36 heavy (non-hydrogen) atoms. The molecule has 14 heteroatoms. The van der Waals surface area contributed by atoms with Gasteiger partial charge in [-0.15, -0.1) is 0 Å². The molecule has 1 fully saturated rings. The first-order valence-corrected chi connectivity index (χ1v) is 12.0. The lowest BCUT2D eigenvalue weighted by Gasteiger charge is -2.16. The number of hydrogen-bond donors (Lipinski definition) is 4. The van der Waals surface area contributed by atoms with E-state index in [0.717, 1.165) is 16.6 Å². The lowest BCUT2D eigenvalue weighted by Crippen LogP contribution is -2.28. The fourth-order valence-electron chi connectivity index (χ4n) is 3.55. The van der Waals surface area contributed by atoms with Crippen LogP contribution in [0.15, 0.2) is 48.5 Å². The molecule has 1 aliphatic rings. The SMILES string of the molecule is CC(=O)N[C@@H](Cc1ccc(C2CC(=O)NS2(=O)=O)cc1)c1nc2ccccc2[nH]1.O=C(O)C(F)(F)F. The largest absolute Gasteiger partial charge is 0.490 e. The van der Waals surface area contributed by atoms with Crippen LogP contribution in [-0.4, -0.2) is 47.5 Å². The van der Waals surface area contributed by atoms with Gasteiger partial charge in [-0.3, -0.25) is 14.3 Å². The van der Waals surface area contributed by atoms with Crippen LogP contribution in [0.2, 0.25) is 0 Å². The summed E-state index contributed by atoms with van der Waals surface area (Å²) in [6.07, 6.45) is -4.68. The number of alkyl halides is 3. The van der Waals surface area contributed by atoms with E-state index in [-0.39, 0.29) is 18.4 Å². The Kier molecular flexibility index (Phi) is 7.67. The maximum absolute atomic E-state index is 12.0. The molecular weight excluding hydrogens is 505 g/mol. The molecule has 0 saturated carbocycles. The molecule has 0 aliphatic carbocycles. The number of para-hydroxylation sites is 2. The number of aromatic nitrogens is 2. The van der Waals surface area contributed by atoms with Crippen molar-refractivity contribution in [2.24, 2.45) is 0 Å². The Bertz CT molecular complexity index is 1350. The number of fused-ring (bicyclic) bond motifs is 1. The van der Waals surface area contributed by atoms with Crippen LogP contribution < -0.4 is 10.0 Å². The van der Waals surface area contributed by atoms with Gasteiger partial charge in [-0.05, 0) is 29.7 Å². The van der Waals surface area contributed by atoms with E-state index in [1.807, 2.05) is 41.1 Å². The monoisotopic (exact) mass is 526 g/mol. The number of nitrogens with zero attached hydrogens (tertiary/aromatic N) is 1. The van der Waals surface area contributed by atoms with Gasteiger partial charge >= 0.3 is 12.1 Å². The average molecular weight is 526 g/mol. The maximum Gasteiger partial charge on any atom is 0.490 e. The highest BCUT2D eigenvalue weighted by Crippen LogP contribution is 2.30. The number of hydrogen-bond acceptors (Lipinski definition) is 6. The number of sulfonamides is 1. The van der Waals surface area contributed by atoms with Crippen LogP contribution in [0, 0.1) is 0 Å². The lowest BCUT2D eigenvalue weighted by molar-refractivity contribution is -0.192. The third-order valence-corrected chi connectivity index (χ3v) is 6.85. The van der Waals surface area contributed by atoms with E-state index in [9.17, 15) is 31.2 Å². The summed E-state index contributed by atoms with van der Waals surface area (Å²) in [5.74, 6) is -2.77. The van der Waals surface area contributed by atoms with Crippen LogP contribution in [0.3, 0.4) is 0 Å². The van der Waals surface area contributed by atoms with Crippen molar-refractivity contribution in [2.75, 3.05) is 0 Å². The predicted molar refractivity (Wildman–Crippen MR) is 121 cm³/mol. The number of aliphatic carboxylic acids is 1. The van der Waals surface area contributed by atoms with Crippen molar-refractivity contribution in [3.8, 4) is 0 Å². The lowest BCUT2D eigenvalue weighted by atomic mass is 10.0. The van der Waals surface area contributed by atoms with Gasteiger partial charge in [0, 0.05) is 6.92 Å². The molecule has 192 valence electrons. The molecule has 1 aromatic heterocycles. The topological polar surface area (TPSA) is 158 Å². The Morgan fingerprint density at radius 1 is 1.17 bits per heavy atom. The number of carbonyl (C=O) groups excluding carboxylic acids is 2. The number of halogens is 3. The Morgan fingerprint density at radius 2 is 1.78 bits per heavy atom. The zero-order valence-corrected chi connectivity index (χ0v) is 19.5. The highest BCUT2D eigenvalue weighted by atomic mass is 32.2. The van der Waals surface area contributed by atoms with Gasteiger partial charge in [0.1, 0.15) is 11.1 Å². The molecule has 0 bridgehead atoms. The standard InChI is InChI=1S/C20H20N4O4S.C2HF3O2/c1-12(25)21-17(20-22-15-4-2-3-5-16(15)23-20)10-13-6-8-14(9-7-13)18-11-19(26)24-29(18,27)28;3-2(4,5)1(6)7/h2-9,17-18H,10-11H2,1H3,(H,21,25)(H,22,23)(H,24,26);(H,6,7)/t17-,18?;/m0./s1. The highest BCUT2D eigenvalue weighted by Gasteiger charge is 2.38. The highest BCUT2D eigenvalue weighted by molar-refractivity contribution is 7.90. The third-order valence-electron chi connectivity index (χ3n) is 5.15. The summed E-state index contributed by atoms with van der Waals surface area (Å²) >= 11 is 0. The molecular formula is C22H21F3N4O6S. The zero-order valence-electron chi connectivity index (χ0n) is 18.7. The summed E-state index contributed by atoms with van der Waals surface area (Å²) in [5.41, 5.74) is 3.17. The molecule has 0 radical (unpaired) electrons. The normalized spacial score (nSPS) is 17.6. The summed E-state index contributed by atoms with van der Waals surface area (Å²) in [7, 11) is -3.67. The molecule has 1 aliphatic heterocycles. The summed E-state index contributed by atoms with van der Waals surface area (Å²) in [6.45, 7) is 1.45. The minimum absolute atomic E-state index is 0.0742. The van der Waals surface area contributed by atoms with Crippen molar-refractivity contribution >= 4 is 38.8 Å². The summed E-state index contributed by atoms with van der Waals surface area (Å²) in [5, 5.41) is 9.17. The first-order valence-electron chi connectivity index (χ1n) is 10.4. The number of carboxylic acids is 1. The van der Waals surface area contributed by atoms with E-state index in [1.165, 1.54) is 6.92 Å². The van der Waals surface area contributed by atoms with Crippen LogP contribution in [0.4, 0.5) is 13.2 Å². The van der Waals surface area contributed by atoms with E-state index < -0.39 is 33.3 Å². The number of imidazole rings is 1. The van der Waals surface area contributed by atoms with Crippen LogP contribution in [0.25, 0.3) is 11.0 Å². The second-order valence-electron chi connectivity index (χ2n) is 7.90. The average Bonchev–Trinajstić information content (AvgIpc) is 3.32. The van der Waals surface area contributed by atoms with E-state index in [4.69, 9.17) is 9.90 Å². The number of rotatable bonds is 5. The zero-order chi connectivity index (χ0) is 26.7. The summed E-state index contributed by atoms with van der Waals surface area (Å²) < 4.78 is 57.8. The van der Waals surface area contributed by atoms with Crippen molar-refractivity contribution < 1.29 is 41.1 Å². The van der Waals surface area contributed by atoms with Gasteiger partial charge in [-0.25, -0.2) is 18.2 Å². The molecule has 0 spiro atoms. The molecule has 10 nitrogen and oxygen atoms in total. The van der Waals surface area contributed by atoms with E-state index in [0.29, 0.717) is 17.8 Å². The van der Waals surface area contributed by atoms with E-state index in [1.54, 1.807) is 12.1 Å². The van der Waals surface area contributed by atoms with Crippen LogP contribution >= 0.6 is 0 Å². The van der Waals surface area contributed by atoms with Gasteiger partial charge in [0.05, 0.1) is 23.5 Å². The third kappa shape index (κ3) is 6.59. The van der Waals surface area contributed by atoms with Gasteiger partial charge < -0.3 is 15.4 Å². The Morgan fingerprint density at radius 3 is 2.28 bits per heavy atom. The fraction of sp³-hybridized carbons (Fsp3) is 0.273. The van der Waals surface area contributed by atoms with Gasteiger partial charge in [0.15, 0.2) is 0 Å². The Balaban J connectivity index is 0.000000454. The molecule has 4 N–H and O–H groups in total. The Hall–Kier alpha value is -3.94. The molecule has 1 saturated heterocycles. The summed E-state index contributed by atoms with van der Waals surface area (Å²) in [4.78, 5) is 39.9. The van der Waals surface area contributed by atoms with Gasteiger partial charge in [-0.1, -0.05) is 36.4 Å². The summed E-state index contributed by atoms with van der Waals surface area (Å²) in [6, 6.07) is 14.3. The molecule has 1 unspecified atom stereocenters.